The zero-order chi connectivity index (χ0) is 8.97. The van der Waals surface area contributed by atoms with Gasteiger partial charge in [0, 0.05) is 0 Å². The van der Waals surface area contributed by atoms with Gasteiger partial charge in [0.2, 0.25) is 0 Å². The van der Waals surface area contributed by atoms with Gasteiger partial charge in [-0.15, -0.1) is 0 Å². The molecule has 1 unspecified atom stereocenters. The van der Waals surface area contributed by atoms with Crippen molar-refractivity contribution in [1.82, 2.24) is 0 Å². The predicted molar refractivity (Wildman–Crippen MR) is 51.9 cm³/mol. The number of aliphatic hydroxyl groups excluding tert-OH is 1. The van der Waals surface area contributed by atoms with Crippen molar-refractivity contribution < 1.29 is 5.11 Å². The van der Waals surface area contributed by atoms with E-state index in [1.165, 1.54) is 25.7 Å². The third-order valence-electron chi connectivity index (χ3n) is 2.72. The SMILES string of the molecule is CC(O)/C=C/C1CCC(C)CC1. The third kappa shape index (κ3) is 3.40. The van der Waals surface area contributed by atoms with Gasteiger partial charge in [-0.3, -0.25) is 0 Å². The lowest BCUT2D eigenvalue weighted by molar-refractivity contribution is 0.242. The molecule has 0 bridgehead atoms. The highest BCUT2D eigenvalue weighted by molar-refractivity contribution is 4.93. The van der Waals surface area contributed by atoms with Crippen molar-refractivity contribution in [2.45, 2.75) is 45.6 Å². The molecule has 1 rings (SSSR count). The van der Waals surface area contributed by atoms with E-state index in [4.69, 9.17) is 5.11 Å². The van der Waals surface area contributed by atoms with Crippen molar-refractivity contribution in [1.29, 1.82) is 0 Å². The van der Waals surface area contributed by atoms with Gasteiger partial charge in [-0.25, -0.2) is 0 Å². The van der Waals surface area contributed by atoms with Crippen LogP contribution in [0.2, 0.25) is 0 Å². The first-order valence-corrected chi connectivity index (χ1v) is 5.05. The van der Waals surface area contributed by atoms with Crippen molar-refractivity contribution in [3.63, 3.8) is 0 Å². The van der Waals surface area contributed by atoms with Gasteiger partial charge in [0.15, 0.2) is 0 Å². The second-order valence-electron chi connectivity index (χ2n) is 4.15. The van der Waals surface area contributed by atoms with Crippen LogP contribution in [0, 0.1) is 11.8 Å². The average Bonchev–Trinajstić information content (AvgIpc) is 2.03. The van der Waals surface area contributed by atoms with Crippen LogP contribution in [0.5, 0.6) is 0 Å². The molecule has 1 fully saturated rings. The average molecular weight is 168 g/mol. The number of aliphatic hydroxyl groups is 1. The van der Waals surface area contributed by atoms with Crippen LogP contribution in [-0.4, -0.2) is 11.2 Å². The molecule has 0 aliphatic heterocycles. The van der Waals surface area contributed by atoms with Crippen LogP contribution >= 0.6 is 0 Å². The summed E-state index contributed by atoms with van der Waals surface area (Å²) in [4.78, 5) is 0. The van der Waals surface area contributed by atoms with E-state index in [0.29, 0.717) is 0 Å². The van der Waals surface area contributed by atoms with Crippen molar-refractivity contribution in [2.24, 2.45) is 11.8 Å². The molecular weight excluding hydrogens is 148 g/mol. The van der Waals surface area contributed by atoms with Crippen LogP contribution in [0.3, 0.4) is 0 Å². The summed E-state index contributed by atoms with van der Waals surface area (Å²) in [5.74, 6) is 1.65. The van der Waals surface area contributed by atoms with Gasteiger partial charge in [0.25, 0.3) is 0 Å². The Bertz CT molecular complexity index is 141. The fourth-order valence-corrected chi connectivity index (χ4v) is 1.80. The minimum Gasteiger partial charge on any atom is -0.389 e. The first kappa shape index (κ1) is 9.79. The molecule has 1 saturated carbocycles. The Hall–Kier alpha value is -0.300. The Morgan fingerprint density at radius 3 is 2.33 bits per heavy atom. The van der Waals surface area contributed by atoms with Gasteiger partial charge in [-0.2, -0.15) is 0 Å². The first-order chi connectivity index (χ1) is 5.68. The molecule has 1 aliphatic rings. The van der Waals surface area contributed by atoms with Crippen molar-refractivity contribution in [3.05, 3.63) is 12.2 Å². The van der Waals surface area contributed by atoms with Crippen molar-refractivity contribution in [2.75, 3.05) is 0 Å². The topological polar surface area (TPSA) is 20.2 Å². The lowest BCUT2D eigenvalue weighted by Crippen LogP contribution is -2.10. The Kier molecular flexibility index (Phi) is 3.80. The van der Waals surface area contributed by atoms with Gasteiger partial charge in [-0.05, 0) is 31.6 Å². The molecule has 0 spiro atoms. The first-order valence-electron chi connectivity index (χ1n) is 5.05. The number of rotatable bonds is 2. The molecule has 12 heavy (non-hydrogen) atoms. The van der Waals surface area contributed by atoms with E-state index in [9.17, 15) is 0 Å². The van der Waals surface area contributed by atoms with E-state index < -0.39 is 0 Å². The van der Waals surface area contributed by atoms with Crippen LogP contribution in [-0.2, 0) is 0 Å². The van der Waals surface area contributed by atoms with E-state index in [1.807, 2.05) is 13.0 Å². The zero-order valence-corrected chi connectivity index (χ0v) is 8.16. The minimum absolute atomic E-state index is 0.274. The van der Waals surface area contributed by atoms with Crippen molar-refractivity contribution >= 4 is 0 Å². The molecule has 0 heterocycles. The van der Waals surface area contributed by atoms with Gasteiger partial charge in [0.1, 0.15) is 0 Å². The summed E-state index contributed by atoms with van der Waals surface area (Å²) in [7, 11) is 0. The number of hydrogen-bond acceptors (Lipinski definition) is 1. The van der Waals surface area contributed by atoms with E-state index >= 15 is 0 Å². The molecule has 0 aromatic rings. The van der Waals surface area contributed by atoms with E-state index in [0.717, 1.165) is 11.8 Å². The monoisotopic (exact) mass is 168 g/mol. The van der Waals surface area contributed by atoms with Crippen LogP contribution in [0.1, 0.15) is 39.5 Å². The quantitative estimate of drug-likeness (QED) is 0.629. The lowest BCUT2D eigenvalue weighted by atomic mass is 9.83. The smallest absolute Gasteiger partial charge is 0.0692 e. The molecule has 0 amide bonds. The Morgan fingerprint density at radius 1 is 1.25 bits per heavy atom. The van der Waals surface area contributed by atoms with Gasteiger partial charge < -0.3 is 5.11 Å². The second-order valence-corrected chi connectivity index (χ2v) is 4.15. The largest absolute Gasteiger partial charge is 0.389 e. The second kappa shape index (κ2) is 4.66. The zero-order valence-electron chi connectivity index (χ0n) is 8.16. The lowest BCUT2D eigenvalue weighted by Gasteiger charge is -2.23. The fourth-order valence-electron chi connectivity index (χ4n) is 1.80. The normalized spacial score (nSPS) is 33.9. The summed E-state index contributed by atoms with van der Waals surface area (Å²) < 4.78 is 0. The molecule has 1 atom stereocenters. The van der Waals surface area contributed by atoms with Crippen LogP contribution < -0.4 is 0 Å². The molecule has 1 nitrogen and oxygen atoms in total. The predicted octanol–water partition coefficient (Wildman–Crippen LogP) is 2.75. The van der Waals surface area contributed by atoms with Gasteiger partial charge >= 0.3 is 0 Å². The molecule has 0 saturated heterocycles. The summed E-state index contributed by atoms with van der Waals surface area (Å²) >= 11 is 0. The molecule has 0 radical (unpaired) electrons. The molecule has 1 N–H and O–H groups in total. The van der Waals surface area contributed by atoms with Gasteiger partial charge in [0.05, 0.1) is 6.10 Å². The molecule has 1 heteroatoms. The highest BCUT2D eigenvalue weighted by Gasteiger charge is 2.15. The molecule has 0 aromatic heterocycles. The maximum Gasteiger partial charge on any atom is 0.0692 e. The highest BCUT2D eigenvalue weighted by atomic mass is 16.3. The Labute approximate surface area is 75.5 Å². The van der Waals surface area contributed by atoms with Crippen LogP contribution in [0.25, 0.3) is 0 Å². The fraction of sp³-hybridized carbons (Fsp3) is 0.818. The van der Waals surface area contributed by atoms with E-state index in [2.05, 4.69) is 13.0 Å². The maximum absolute atomic E-state index is 9.05. The Morgan fingerprint density at radius 2 is 1.83 bits per heavy atom. The summed E-state index contributed by atoms with van der Waals surface area (Å²) in [5.41, 5.74) is 0. The number of allylic oxidation sites excluding steroid dienone is 1. The molecule has 70 valence electrons. The molecule has 1 aliphatic carbocycles. The minimum atomic E-state index is -0.274. The highest BCUT2D eigenvalue weighted by Crippen LogP contribution is 2.28. The summed E-state index contributed by atoms with van der Waals surface area (Å²) in [6.07, 6.45) is 9.17. The van der Waals surface area contributed by atoms with Gasteiger partial charge in [-0.1, -0.05) is 31.9 Å². The van der Waals surface area contributed by atoms with Crippen molar-refractivity contribution in [3.8, 4) is 0 Å². The Balaban J connectivity index is 2.26. The van der Waals surface area contributed by atoms with Crippen LogP contribution in [0.15, 0.2) is 12.2 Å². The summed E-state index contributed by atoms with van der Waals surface area (Å²) in [6, 6.07) is 0. The third-order valence-corrected chi connectivity index (χ3v) is 2.72. The summed E-state index contributed by atoms with van der Waals surface area (Å²) in [6.45, 7) is 4.14. The van der Waals surface area contributed by atoms with E-state index in [-0.39, 0.29) is 6.10 Å². The maximum atomic E-state index is 9.05. The molecule has 0 aromatic carbocycles. The van der Waals surface area contributed by atoms with E-state index in [1.54, 1.807) is 0 Å². The number of hydrogen-bond donors (Lipinski definition) is 1. The molecular formula is C11H20O. The van der Waals surface area contributed by atoms with Crippen LogP contribution in [0.4, 0.5) is 0 Å². The summed E-state index contributed by atoms with van der Waals surface area (Å²) in [5, 5.41) is 9.05. The standard InChI is InChI=1S/C11H20O/c1-9-3-6-11(7-4-9)8-5-10(2)12/h5,8-12H,3-4,6-7H2,1-2H3/b8-5+.